The maximum Gasteiger partial charge on any atom is 0.123 e. The summed E-state index contributed by atoms with van der Waals surface area (Å²) in [5, 5.41) is 0. The molecule has 0 fully saturated rings. The van der Waals surface area contributed by atoms with Gasteiger partial charge < -0.3 is 5.73 Å². The van der Waals surface area contributed by atoms with Crippen LogP contribution in [0, 0.1) is 17.6 Å². The number of halogens is 2. The zero-order valence-electron chi connectivity index (χ0n) is 14.9. The van der Waals surface area contributed by atoms with Crippen LogP contribution in [0.4, 0.5) is 8.78 Å². The number of nitrogens with two attached hydrogens (primary N) is 1. The summed E-state index contributed by atoms with van der Waals surface area (Å²) in [6, 6.07) is 11.3. The lowest BCUT2D eigenvalue weighted by molar-refractivity contribution is 0.397. The summed E-state index contributed by atoms with van der Waals surface area (Å²) < 4.78 is 27.4. The van der Waals surface area contributed by atoms with E-state index in [9.17, 15) is 8.78 Å². The molecule has 1 nitrogen and oxygen atoms in total. The van der Waals surface area contributed by atoms with Crippen molar-refractivity contribution in [1.82, 2.24) is 0 Å². The average Bonchev–Trinajstić information content (AvgIpc) is 2.83. The zero-order chi connectivity index (χ0) is 18.0. The van der Waals surface area contributed by atoms with Gasteiger partial charge >= 0.3 is 0 Å². The van der Waals surface area contributed by atoms with Crippen LogP contribution in [0.3, 0.4) is 0 Å². The van der Waals surface area contributed by atoms with Gasteiger partial charge in [0.15, 0.2) is 0 Å². The predicted octanol–water partition coefficient (Wildman–Crippen LogP) is 5.78. The molecule has 0 saturated carbocycles. The molecule has 3 rings (SSSR count). The first-order valence-electron chi connectivity index (χ1n) is 9.07. The van der Waals surface area contributed by atoms with E-state index in [0.717, 1.165) is 47.9 Å². The van der Waals surface area contributed by atoms with Gasteiger partial charge in [-0.05, 0) is 59.4 Å². The maximum atomic E-state index is 14.0. The Balaban J connectivity index is 2.23. The molecule has 3 heteroatoms. The second-order valence-corrected chi connectivity index (χ2v) is 6.86. The van der Waals surface area contributed by atoms with Crippen molar-refractivity contribution in [3.05, 3.63) is 76.9 Å². The Bertz CT molecular complexity index is 779. The van der Waals surface area contributed by atoms with Crippen molar-refractivity contribution in [2.75, 3.05) is 0 Å². The van der Waals surface area contributed by atoms with E-state index in [4.69, 9.17) is 5.73 Å². The topological polar surface area (TPSA) is 26.0 Å². The van der Waals surface area contributed by atoms with Gasteiger partial charge in [-0.15, -0.1) is 0 Å². The fraction of sp³-hybridized carbons (Fsp3) is 0.364. The van der Waals surface area contributed by atoms with Crippen molar-refractivity contribution < 1.29 is 8.78 Å². The fourth-order valence-corrected chi connectivity index (χ4v) is 4.04. The molecular formula is C22H25F2N. The molecule has 0 bridgehead atoms. The Kier molecular flexibility index (Phi) is 5.05. The number of rotatable bonds is 5. The summed E-state index contributed by atoms with van der Waals surface area (Å²) in [6.07, 6.45) is 6.05. The SMILES string of the molecule is CCC/C=C1/c2cc(F)ccc2[C@@](N)(c2ccc(F)cc2)[C@@H]1CCC. The van der Waals surface area contributed by atoms with Gasteiger partial charge in [-0.3, -0.25) is 0 Å². The Hall–Kier alpha value is -2.00. The Morgan fingerprint density at radius 3 is 2.32 bits per heavy atom. The van der Waals surface area contributed by atoms with E-state index in [1.165, 1.54) is 18.2 Å². The molecule has 0 radical (unpaired) electrons. The van der Waals surface area contributed by atoms with Crippen LogP contribution in [0.5, 0.6) is 0 Å². The number of hydrogen-bond acceptors (Lipinski definition) is 1. The van der Waals surface area contributed by atoms with Crippen LogP contribution in [-0.2, 0) is 5.54 Å². The van der Waals surface area contributed by atoms with Crippen molar-refractivity contribution in [1.29, 1.82) is 0 Å². The smallest absolute Gasteiger partial charge is 0.123 e. The summed E-state index contributed by atoms with van der Waals surface area (Å²) in [7, 11) is 0. The summed E-state index contributed by atoms with van der Waals surface area (Å²) >= 11 is 0. The van der Waals surface area contributed by atoms with Gasteiger partial charge in [-0.2, -0.15) is 0 Å². The Morgan fingerprint density at radius 2 is 1.68 bits per heavy atom. The lowest BCUT2D eigenvalue weighted by Crippen LogP contribution is -2.42. The molecule has 1 aliphatic rings. The third-order valence-electron chi connectivity index (χ3n) is 5.22. The van der Waals surface area contributed by atoms with Crippen molar-refractivity contribution in [2.24, 2.45) is 11.7 Å². The first kappa shape index (κ1) is 17.8. The summed E-state index contributed by atoms with van der Waals surface area (Å²) in [6.45, 7) is 4.26. The molecule has 2 aromatic rings. The minimum atomic E-state index is -0.758. The number of unbranched alkanes of at least 4 members (excludes halogenated alkanes) is 1. The van der Waals surface area contributed by atoms with Crippen LogP contribution in [0.25, 0.3) is 5.57 Å². The normalized spacial score (nSPS) is 23.9. The highest BCUT2D eigenvalue weighted by molar-refractivity contribution is 5.79. The van der Waals surface area contributed by atoms with Crippen LogP contribution < -0.4 is 5.73 Å². The van der Waals surface area contributed by atoms with E-state index >= 15 is 0 Å². The van der Waals surface area contributed by atoms with Gasteiger partial charge in [-0.25, -0.2) is 8.78 Å². The van der Waals surface area contributed by atoms with Gasteiger partial charge in [0.25, 0.3) is 0 Å². The molecule has 0 amide bonds. The second-order valence-electron chi connectivity index (χ2n) is 6.86. The molecule has 2 atom stereocenters. The van der Waals surface area contributed by atoms with Gasteiger partial charge in [0.2, 0.25) is 0 Å². The minimum Gasteiger partial charge on any atom is -0.317 e. The predicted molar refractivity (Wildman–Crippen MR) is 99.1 cm³/mol. The minimum absolute atomic E-state index is 0.0614. The molecular weight excluding hydrogens is 316 g/mol. The first-order valence-corrected chi connectivity index (χ1v) is 9.07. The van der Waals surface area contributed by atoms with E-state index in [1.807, 2.05) is 0 Å². The van der Waals surface area contributed by atoms with Crippen LogP contribution in [0.2, 0.25) is 0 Å². The Morgan fingerprint density at radius 1 is 1.00 bits per heavy atom. The lowest BCUT2D eigenvalue weighted by Gasteiger charge is -2.33. The molecule has 2 N–H and O–H groups in total. The third kappa shape index (κ3) is 3.02. The van der Waals surface area contributed by atoms with E-state index in [0.29, 0.717) is 0 Å². The van der Waals surface area contributed by atoms with Crippen molar-refractivity contribution >= 4 is 5.57 Å². The number of hydrogen-bond donors (Lipinski definition) is 1. The van der Waals surface area contributed by atoms with Crippen molar-refractivity contribution in [3.63, 3.8) is 0 Å². The standard InChI is InChI=1S/C22H25F2N/c1-3-5-7-18-19-14-17(24)12-13-21(19)22(25,20(18)6-4-2)15-8-10-16(23)11-9-15/h7-14,20H,3-6,25H2,1-2H3/b18-7-/t20-,22-/m1/s1. The highest BCUT2D eigenvalue weighted by Gasteiger charge is 2.47. The van der Waals surface area contributed by atoms with Crippen LogP contribution >= 0.6 is 0 Å². The maximum absolute atomic E-state index is 14.0. The van der Waals surface area contributed by atoms with E-state index < -0.39 is 5.54 Å². The van der Waals surface area contributed by atoms with Gasteiger partial charge in [0.05, 0.1) is 5.54 Å². The molecule has 0 unspecified atom stereocenters. The molecule has 1 aliphatic carbocycles. The monoisotopic (exact) mass is 341 g/mol. The van der Waals surface area contributed by atoms with Crippen molar-refractivity contribution in [3.8, 4) is 0 Å². The third-order valence-corrected chi connectivity index (χ3v) is 5.22. The van der Waals surface area contributed by atoms with Gasteiger partial charge in [0.1, 0.15) is 11.6 Å². The molecule has 0 saturated heterocycles. The lowest BCUT2D eigenvalue weighted by atomic mass is 9.75. The molecule has 0 spiro atoms. The average molecular weight is 341 g/mol. The van der Waals surface area contributed by atoms with Crippen LogP contribution in [0.15, 0.2) is 48.5 Å². The Labute approximate surface area is 148 Å². The van der Waals surface area contributed by atoms with E-state index in [-0.39, 0.29) is 17.6 Å². The number of fused-ring (bicyclic) bond motifs is 1. The molecule has 132 valence electrons. The van der Waals surface area contributed by atoms with Gasteiger partial charge in [-0.1, -0.05) is 51.0 Å². The van der Waals surface area contributed by atoms with E-state index in [1.54, 1.807) is 24.3 Å². The highest BCUT2D eigenvalue weighted by atomic mass is 19.1. The second kappa shape index (κ2) is 7.09. The summed E-state index contributed by atoms with van der Waals surface area (Å²) in [5.41, 5.74) is 10.1. The van der Waals surface area contributed by atoms with Gasteiger partial charge in [0, 0.05) is 5.92 Å². The zero-order valence-corrected chi connectivity index (χ0v) is 14.9. The molecule has 0 heterocycles. The van der Waals surface area contributed by atoms with E-state index in [2.05, 4.69) is 19.9 Å². The molecule has 2 aromatic carbocycles. The number of benzene rings is 2. The van der Waals surface area contributed by atoms with Crippen LogP contribution in [-0.4, -0.2) is 0 Å². The van der Waals surface area contributed by atoms with Crippen LogP contribution in [0.1, 0.15) is 56.2 Å². The highest BCUT2D eigenvalue weighted by Crippen LogP contribution is 2.52. The number of allylic oxidation sites excluding steroid dienone is 1. The molecule has 0 aromatic heterocycles. The quantitative estimate of drug-likeness (QED) is 0.733. The largest absolute Gasteiger partial charge is 0.317 e. The summed E-state index contributed by atoms with van der Waals surface area (Å²) in [4.78, 5) is 0. The molecule has 25 heavy (non-hydrogen) atoms. The first-order chi connectivity index (χ1) is 12.0. The fourth-order valence-electron chi connectivity index (χ4n) is 4.04. The molecule has 0 aliphatic heterocycles. The van der Waals surface area contributed by atoms with Crippen molar-refractivity contribution in [2.45, 2.75) is 45.1 Å². The summed E-state index contributed by atoms with van der Waals surface area (Å²) in [5.74, 6) is -0.468.